The predicted octanol–water partition coefficient (Wildman–Crippen LogP) is 3.50. The van der Waals surface area contributed by atoms with Crippen LogP contribution in [0.5, 0.6) is 0 Å². The van der Waals surface area contributed by atoms with Crippen LogP contribution in [0.2, 0.25) is 0 Å². The van der Waals surface area contributed by atoms with Crippen LogP contribution in [0.25, 0.3) is 0 Å². The normalized spacial score (nSPS) is 16.6. The minimum atomic E-state index is -3.69. The highest BCUT2D eigenvalue weighted by Crippen LogP contribution is 2.26. The first-order valence-electron chi connectivity index (χ1n) is 10.5. The number of rotatable bonds is 5. The van der Waals surface area contributed by atoms with E-state index in [2.05, 4.69) is 25.3 Å². The zero-order valence-corrected chi connectivity index (χ0v) is 20.0. The molecule has 1 fully saturated rings. The third-order valence-electron chi connectivity index (χ3n) is 5.86. The minimum absolute atomic E-state index is 0.0503. The molecule has 0 radical (unpaired) electrons. The summed E-state index contributed by atoms with van der Waals surface area (Å²) >= 11 is 0. The Bertz CT molecular complexity index is 1090. The average Bonchev–Trinajstić information content (AvgIpc) is 2.96. The van der Waals surface area contributed by atoms with Gasteiger partial charge >= 0.3 is 0 Å². The van der Waals surface area contributed by atoms with Crippen molar-refractivity contribution < 1.29 is 17.6 Å². The number of carbonyl (C=O) groups excluding carboxylic acids is 1. The number of sulfonamides is 1. The van der Waals surface area contributed by atoms with Gasteiger partial charge in [0.15, 0.2) is 5.78 Å². The summed E-state index contributed by atoms with van der Waals surface area (Å²) < 4.78 is 42.9. The van der Waals surface area contributed by atoms with E-state index in [1.807, 2.05) is 24.8 Å². The van der Waals surface area contributed by atoms with Gasteiger partial charge in [0.1, 0.15) is 5.82 Å². The van der Waals surface area contributed by atoms with Crippen LogP contribution in [0.15, 0.2) is 29.2 Å². The van der Waals surface area contributed by atoms with E-state index >= 15 is 0 Å². The molecule has 0 N–H and O–H groups in total. The van der Waals surface area contributed by atoms with Gasteiger partial charge in [-0.15, -0.1) is 0 Å². The Balaban J connectivity index is 1.67. The molecule has 0 saturated carbocycles. The second-order valence-corrected chi connectivity index (χ2v) is 11.2. The lowest BCUT2D eigenvalue weighted by molar-refractivity contribution is 0.0901. The summed E-state index contributed by atoms with van der Waals surface area (Å²) in [5.74, 6) is -0.403. The molecular weight excluding hydrogens is 417 g/mol. The minimum Gasteiger partial charge on any atom is -0.343 e. The van der Waals surface area contributed by atoms with Crippen LogP contribution in [-0.2, 0) is 15.6 Å². The molecule has 1 aromatic carbocycles. The van der Waals surface area contributed by atoms with Gasteiger partial charge in [0, 0.05) is 48.7 Å². The predicted molar refractivity (Wildman–Crippen MR) is 120 cm³/mol. The molecule has 8 heteroatoms. The van der Waals surface area contributed by atoms with E-state index in [4.69, 9.17) is 0 Å². The molecular formula is C23H32FN3O3S. The van der Waals surface area contributed by atoms with Gasteiger partial charge < -0.3 is 4.57 Å². The van der Waals surface area contributed by atoms with Gasteiger partial charge in [-0.25, -0.2) is 12.8 Å². The largest absolute Gasteiger partial charge is 0.343 e. The molecule has 1 aromatic heterocycles. The second kappa shape index (κ2) is 8.48. The van der Waals surface area contributed by atoms with E-state index in [1.54, 1.807) is 6.92 Å². The van der Waals surface area contributed by atoms with Crippen molar-refractivity contribution in [1.29, 1.82) is 0 Å². The maximum atomic E-state index is 13.4. The Kier molecular flexibility index (Phi) is 6.47. The lowest BCUT2D eigenvalue weighted by Gasteiger charge is -2.33. The van der Waals surface area contributed by atoms with Crippen molar-refractivity contribution in [1.82, 2.24) is 13.8 Å². The molecule has 0 unspecified atom stereocenters. The number of hydrogen-bond donors (Lipinski definition) is 0. The topological polar surface area (TPSA) is 62.6 Å². The fourth-order valence-electron chi connectivity index (χ4n) is 4.53. The third-order valence-corrected chi connectivity index (χ3v) is 7.91. The molecule has 1 aliphatic rings. The lowest BCUT2D eigenvalue weighted by Crippen LogP contribution is -2.49. The molecule has 0 amide bonds. The van der Waals surface area contributed by atoms with Gasteiger partial charge in [-0.2, -0.15) is 4.31 Å². The van der Waals surface area contributed by atoms with Crippen molar-refractivity contribution in [3.8, 4) is 0 Å². The van der Waals surface area contributed by atoms with Gasteiger partial charge in [-0.1, -0.05) is 0 Å². The van der Waals surface area contributed by atoms with Crippen LogP contribution in [0.1, 0.15) is 48.1 Å². The van der Waals surface area contributed by atoms with Crippen LogP contribution >= 0.6 is 0 Å². The number of halogens is 1. The summed E-state index contributed by atoms with van der Waals surface area (Å²) in [7, 11) is -3.69. The smallest absolute Gasteiger partial charge is 0.243 e. The summed E-state index contributed by atoms with van der Waals surface area (Å²) in [6.07, 6.45) is 0. The van der Waals surface area contributed by atoms with Crippen LogP contribution in [0.4, 0.5) is 4.39 Å². The molecule has 2 heterocycles. The molecule has 0 bridgehead atoms. The van der Waals surface area contributed by atoms with E-state index in [-0.39, 0.29) is 22.8 Å². The first-order valence-corrected chi connectivity index (χ1v) is 12.0. The number of carbonyl (C=O) groups is 1. The summed E-state index contributed by atoms with van der Waals surface area (Å²) in [5, 5.41) is 0. The van der Waals surface area contributed by atoms with Crippen LogP contribution < -0.4 is 0 Å². The van der Waals surface area contributed by atoms with E-state index in [1.165, 1.54) is 22.5 Å². The van der Waals surface area contributed by atoms with Crippen molar-refractivity contribution in [3.05, 3.63) is 52.6 Å². The van der Waals surface area contributed by atoms with Gasteiger partial charge in [0.05, 0.1) is 11.4 Å². The quantitative estimate of drug-likeness (QED) is 0.656. The number of ketones is 1. The molecule has 1 saturated heterocycles. The molecule has 31 heavy (non-hydrogen) atoms. The number of piperazine rings is 1. The summed E-state index contributed by atoms with van der Waals surface area (Å²) in [6, 6.07) is 5.67. The molecule has 0 spiro atoms. The number of benzene rings is 1. The van der Waals surface area contributed by atoms with Crippen molar-refractivity contribution in [2.75, 3.05) is 32.7 Å². The fraction of sp³-hybridized carbons (Fsp3) is 0.522. The van der Waals surface area contributed by atoms with E-state index in [0.717, 1.165) is 17.0 Å². The molecule has 6 nitrogen and oxygen atoms in total. The fourth-order valence-corrected chi connectivity index (χ4v) is 6.16. The number of nitrogens with zero attached hydrogens (tertiary/aromatic N) is 3. The van der Waals surface area contributed by atoms with Crippen LogP contribution in [0.3, 0.4) is 0 Å². The number of Topliss-reactive ketones (excluding diaryl/α,β-unsaturated/α-hetero) is 1. The number of aryl methyl sites for hydroxylation is 2. The Morgan fingerprint density at radius 3 is 2.16 bits per heavy atom. The monoisotopic (exact) mass is 449 g/mol. The van der Waals surface area contributed by atoms with Gasteiger partial charge in [0.25, 0.3) is 0 Å². The Hall–Kier alpha value is -2.03. The standard InChI is InChI=1S/C23H32FN3O3S/c1-16-13-19(24)7-8-22(16)31(29,30)26-11-9-25(10-12-26)15-21(28)20-14-17(2)27(18(20)3)23(4,5)6/h7-8,13-14H,9-12,15H2,1-6H3. The van der Waals surface area contributed by atoms with Crippen molar-refractivity contribution in [2.24, 2.45) is 0 Å². The summed E-state index contributed by atoms with van der Waals surface area (Å²) in [6.45, 7) is 13.7. The van der Waals surface area contributed by atoms with Crippen LogP contribution in [-0.4, -0.2) is 60.7 Å². The zero-order chi connectivity index (χ0) is 23.1. The Morgan fingerprint density at radius 2 is 1.65 bits per heavy atom. The van der Waals surface area contributed by atoms with Crippen molar-refractivity contribution in [2.45, 2.75) is 52.0 Å². The van der Waals surface area contributed by atoms with Gasteiger partial charge in [0.2, 0.25) is 10.0 Å². The maximum absolute atomic E-state index is 13.4. The molecule has 2 aromatic rings. The van der Waals surface area contributed by atoms with E-state index in [9.17, 15) is 17.6 Å². The molecule has 1 aliphatic heterocycles. The van der Waals surface area contributed by atoms with Gasteiger partial charge in [-0.3, -0.25) is 9.69 Å². The van der Waals surface area contributed by atoms with Crippen LogP contribution in [0, 0.1) is 26.6 Å². The molecule has 0 atom stereocenters. The maximum Gasteiger partial charge on any atom is 0.243 e. The van der Waals surface area contributed by atoms with Gasteiger partial charge in [-0.05, 0) is 71.4 Å². The highest BCUT2D eigenvalue weighted by Gasteiger charge is 2.31. The first kappa shape index (κ1) is 23.6. The van der Waals surface area contributed by atoms with E-state index < -0.39 is 15.8 Å². The van der Waals surface area contributed by atoms with Crippen molar-refractivity contribution >= 4 is 15.8 Å². The summed E-state index contributed by atoms with van der Waals surface area (Å²) in [5.41, 5.74) is 3.03. The first-order chi connectivity index (χ1) is 14.3. The van der Waals surface area contributed by atoms with E-state index in [0.29, 0.717) is 31.7 Å². The SMILES string of the molecule is Cc1cc(F)ccc1S(=O)(=O)N1CCN(CC(=O)c2cc(C)n(C(C)(C)C)c2C)CC1. The third kappa shape index (κ3) is 4.76. The Morgan fingerprint density at radius 1 is 1.03 bits per heavy atom. The molecule has 3 rings (SSSR count). The lowest BCUT2D eigenvalue weighted by atomic mass is 10.1. The number of hydrogen-bond acceptors (Lipinski definition) is 4. The average molecular weight is 450 g/mol. The zero-order valence-electron chi connectivity index (χ0n) is 19.2. The highest BCUT2D eigenvalue weighted by atomic mass is 32.2. The van der Waals surface area contributed by atoms with Crippen molar-refractivity contribution in [3.63, 3.8) is 0 Å². The molecule has 170 valence electrons. The summed E-state index contributed by atoms with van der Waals surface area (Å²) in [4.78, 5) is 15.1. The Labute approximate surface area is 184 Å². The molecule has 0 aliphatic carbocycles. The second-order valence-electron chi connectivity index (χ2n) is 9.30. The highest BCUT2D eigenvalue weighted by molar-refractivity contribution is 7.89. The number of aromatic nitrogens is 1.